The van der Waals surface area contributed by atoms with Crippen LogP contribution in [0.15, 0.2) is 34.9 Å². The molecule has 1 saturated heterocycles. The fourth-order valence-corrected chi connectivity index (χ4v) is 3.53. The Balaban J connectivity index is 1.50. The largest absolute Gasteiger partial charge is 0.346 e. The number of halogens is 1. The van der Waals surface area contributed by atoms with E-state index in [9.17, 15) is 0 Å². The number of hydrogen-bond donors (Lipinski definition) is 1. The van der Waals surface area contributed by atoms with E-state index in [4.69, 9.17) is 12.2 Å². The zero-order valence-corrected chi connectivity index (χ0v) is 17.1. The lowest BCUT2D eigenvalue weighted by Gasteiger charge is -2.36. The topological polar surface area (TPSA) is 36.3 Å². The van der Waals surface area contributed by atoms with Gasteiger partial charge in [0.1, 0.15) is 0 Å². The molecule has 134 valence electrons. The number of piperazine rings is 1. The van der Waals surface area contributed by atoms with Crippen LogP contribution in [0.3, 0.4) is 0 Å². The SMILES string of the molecule is CCn1cc(CN2CCN(C(=S)Nc3ccc(Br)cc3)CC2)c(C)n1. The van der Waals surface area contributed by atoms with Crippen molar-refractivity contribution in [1.29, 1.82) is 0 Å². The van der Waals surface area contributed by atoms with E-state index in [0.717, 1.165) is 60.2 Å². The van der Waals surface area contributed by atoms with E-state index in [0.29, 0.717) is 0 Å². The molecule has 0 aliphatic carbocycles. The highest BCUT2D eigenvalue weighted by Gasteiger charge is 2.20. The van der Waals surface area contributed by atoms with Gasteiger partial charge >= 0.3 is 0 Å². The molecule has 0 bridgehead atoms. The van der Waals surface area contributed by atoms with Gasteiger partial charge in [0.15, 0.2) is 5.11 Å². The van der Waals surface area contributed by atoms with E-state index in [1.807, 2.05) is 28.9 Å². The molecule has 0 saturated carbocycles. The molecule has 1 aliphatic heterocycles. The summed E-state index contributed by atoms with van der Waals surface area (Å²) in [7, 11) is 0. The predicted octanol–water partition coefficient (Wildman–Crippen LogP) is 3.49. The van der Waals surface area contributed by atoms with Gasteiger partial charge in [-0.3, -0.25) is 9.58 Å². The minimum atomic E-state index is 0.803. The van der Waals surface area contributed by atoms with Crippen LogP contribution in [-0.4, -0.2) is 50.9 Å². The first-order valence-corrected chi connectivity index (χ1v) is 9.82. The van der Waals surface area contributed by atoms with Crippen molar-refractivity contribution in [2.45, 2.75) is 26.9 Å². The summed E-state index contributed by atoms with van der Waals surface area (Å²) < 4.78 is 3.08. The Hall–Kier alpha value is -1.44. The van der Waals surface area contributed by atoms with E-state index < -0.39 is 0 Å². The van der Waals surface area contributed by atoms with Gasteiger partial charge in [0.05, 0.1) is 5.69 Å². The predicted molar refractivity (Wildman–Crippen MR) is 110 cm³/mol. The van der Waals surface area contributed by atoms with Gasteiger partial charge in [-0.2, -0.15) is 5.10 Å². The lowest BCUT2D eigenvalue weighted by molar-refractivity contribution is 0.176. The monoisotopic (exact) mass is 421 g/mol. The third kappa shape index (κ3) is 4.80. The number of aromatic nitrogens is 2. The van der Waals surface area contributed by atoms with Gasteiger partial charge in [-0.25, -0.2) is 0 Å². The minimum absolute atomic E-state index is 0.803. The Labute approximate surface area is 163 Å². The second-order valence-corrected chi connectivity index (χ2v) is 7.60. The molecule has 0 amide bonds. The highest BCUT2D eigenvalue weighted by Crippen LogP contribution is 2.16. The van der Waals surface area contributed by atoms with Gasteiger partial charge in [-0.05, 0) is 50.3 Å². The molecule has 1 fully saturated rings. The van der Waals surface area contributed by atoms with Crippen LogP contribution in [0.1, 0.15) is 18.2 Å². The van der Waals surface area contributed by atoms with Gasteiger partial charge in [0.25, 0.3) is 0 Å². The van der Waals surface area contributed by atoms with Crippen molar-refractivity contribution < 1.29 is 0 Å². The fraction of sp³-hybridized carbons (Fsp3) is 0.444. The number of benzene rings is 1. The molecule has 0 unspecified atom stereocenters. The van der Waals surface area contributed by atoms with Crippen LogP contribution in [0.4, 0.5) is 5.69 Å². The number of nitrogens with zero attached hydrogens (tertiary/aromatic N) is 4. The Bertz CT molecular complexity index is 720. The molecule has 1 aliphatic rings. The minimum Gasteiger partial charge on any atom is -0.346 e. The van der Waals surface area contributed by atoms with Crippen molar-refractivity contribution in [1.82, 2.24) is 19.6 Å². The molecule has 7 heteroatoms. The van der Waals surface area contributed by atoms with E-state index >= 15 is 0 Å². The Morgan fingerprint density at radius 1 is 1.20 bits per heavy atom. The van der Waals surface area contributed by atoms with Crippen LogP contribution in [-0.2, 0) is 13.1 Å². The van der Waals surface area contributed by atoms with E-state index in [1.54, 1.807) is 0 Å². The molecular weight excluding hydrogens is 398 g/mol. The quantitative estimate of drug-likeness (QED) is 0.764. The summed E-state index contributed by atoms with van der Waals surface area (Å²) in [5.41, 5.74) is 3.49. The summed E-state index contributed by atoms with van der Waals surface area (Å²) in [5, 5.41) is 8.67. The first kappa shape index (κ1) is 18.4. The maximum absolute atomic E-state index is 5.57. The number of hydrogen-bond acceptors (Lipinski definition) is 3. The van der Waals surface area contributed by atoms with Crippen molar-refractivity contribution in [2.75, 3.05) is 31.5 Å². The summed E-state index contributed by atoms with van der Waals surface area (Å²) in [6.07, 6.45) is 2.17. The average Bonchev–Trinajstić information content (AvgIpc) is 2.97. The third-order valence-electron chi connectivity index (χ3n) is 4.52. The van der Waals surface area contributed by atoms with Crippen molar-refractivity contribution in [3.63, 3.8) is 0 Å². The molecule has 3 rings (SSSR count). The zero-order chi connectivity index (χ0) is 17.8. The lowest BCUT2D eigenvalue weighted by Crippen LogP contribution is -2.49. The van der Waals surface area contributed by atoms with E-state index in [1.165, 1.54) is 5.56 Å². The Morgan fingerprint density at radius 2 is 1.88 bits per heavy atom. The van der Waals surface area contributed by atoms with Crippen molar-refractivity contribution >= 4 is 38.9 Å². The summed E-state index contributed by atoms with van der Waals surface area (Å²) in [6, 6.07) is 8.09. The smallest absolute Gasteiger partial charge is 0.173 e. The zero-order valence-electron chi connectivity index (χ0n) is 14.7. The van der Waals surface area contributed by atoms with Crippen LogP contribution >= 0.6 is 28.1 Å². The third-order valence-corrected chi connectivity index (χ3v) is 5.41. The molecule has 0 radical (unpaired) electrons. The molecular formula is C18H24BrN5S. The molecule has 5 nitrogen and oxygen atoms in total. The van der Waals surface area contributed by atoms with E-state index in [-0.39, 0.29) is 0 Å². The molecule has 25 heavy (non-hydrogen) atoms. The van der Waals surface area contributed by atoms with Crippen LogP contribution in [0.2, 0.25) is 0 Å². The molecule has 2 heterocycles. The maximum atomic E-state index is 5.57. The number of rotatable bonds is 4. The average molecular weight is 422 g/mol. The van der Waals surface area contributed by atoms with Gasteiger partial charge in [0.2, 0.25) is 0 Å². The van der Waals surface area contributed by atoms with Gasteiger partial charge < -0.3 is 10.2 Å². The second kappa shape index (κ2) is 8.29. The van der Waals surface area contributed by atoms with Crippen LogP contribution in [0.25, 0.3) is 0 Å². The Morgan fingerprint density at radius 3 is 2.48 bits per heavy atom. The van der Waals surface area contributed by atoms with Crippen LogP contribution < -0.4 is 5.32 Å². The Kier molecular flexibility index (Phi) is 6.09. The molecule has 2 aromatic rings. The van der Waals surface area contributed by atoms with Crippen molar-refractivity contribution in [2.24, 2.45) is 0 Å². The molecule has 1 aromatic heterocycles. The van der Waals surface area contributed by atoms with Crippen molar-refractivity contribution in [3.05, 3.63) is 46.2 Å². The lowest BCUT2D eigenvalue weighted by atomic mass is 10.2. The molecule has 0 atom stereocenters. The van der Waals surface area contributed by atoms with Crippen LogP contribution in [0, 0.1) is 6.92 Å². The van der Waals surface area contributed by atoms with Crippen LogP contribution in [0.5, 0.6) is 0 Å². The highest BCUT2D eigenvalue weighted by atomic mass is 79.9. The number of aryl methyl sites for hydroxylation is 2. The number of anilines is 1. The normalized spacial score (nSPS) is 15.4. The van der Waals surface area contributed by atoms with Gasteiger partial charge in [0, 0.05) is 61.2 Å². The molecule has 1 N–H and O–H groups in total. The summed E-state index contributed by atoms with van der Waals surface area (Å²) in [6.45, 7) is 10.0. The summed E-state index contributed by atoms with van der Waals surface area (Å²) >= 11 is 9.02. The van der Waals surface area contributed by atoms with E-state index in [2.05, 4.69) is 56.2 Å². The second-order valence-electron chi connectivity index (χ2n) is 6.30. The number of thiocarbonyl (C=S) groups is 1. The first-order valence-electron chi connectivity index (χ1n) is 8.62. The standard InChI is InChI=1S/C18H24BrN5S/c1-3-24-13-15(14(2)21-24)12-22-8-10-23(11-9-22)18(25)20-17-6-4-16(19)5-7-17/h4-7,13H,3,8-12H2,1-2H3,(H,20,25). The highest BCUT2D eigenvalue weighted by molar-refractivity contribution is 9.10. The van der Waals surface area contributed by atoms with Crippen molar-refractivity contribution in [3.8, 4) is 0 Å². The van der Waals surface area contributed by atoms with Gasteiger partial charge in [-0.15, -0.1) is 0 Å². The summed E-state index contributed by atoms with van der Waals surface area (Å²) in [5.74, 6) is 0. The molecule has 0 spiro atoms. The maximum Gasteiger partial charge on any atom is 0.173 e. The summed E-state index contributed by atoms with van der Waals surface area (Å²) in [4.78, 5) is 4.72. The molecule has 1 aromatic carbocycles. The van der Waals surface area contributed by atoms with Gasteiger partial charge in [-0.1, -0.05) is 15.9 Å². The first-order chi connectivity index (χ1) is 12.0. The fourth-order valence-electron chi connectivity index (χ4n) is 2.96. The number of nitrogens with one attached hydrogen (secondary N) is 1.